The van der Waals surface area contributed by atoms with Crippen molar-refractivity contribution in [3.8, 4) is 0 Å². The average Bonchev–Trinajstić information content (AvgIpc) is 2.44. The van der Waals surface area contributed by atoms with Gasteiger partial charge in [0.25, 0.3) is 0 Å². The van der Waals surface area contributed by atoms with E-state index in [-0.39, 0.29) is 5.54 Å². The number of benzene rings is 1. The summed E-state index contributed by atoms with van der Waals surface area (Å²) in [5.41, 5.74) is 8.83. The van der Waals surface area contributed by atoms with Crippen molar-refractivity contribution in [3.63, 3.8) is 0 Å². The molecule has 102 valence electrons. The molecule has 19 heavy (non-hydrogen) atoms. The fourth-order valence-electron chi connectivity index (χ4n) is 2.57. The number of nitrogens with one attached hydrogen (secondary N) is 1. The van der Waals surface area contributed by atoms with Crippen LogP contribution < -0.4 is 11.1 Å². The van der Waals surface area contributed by atoms with E-state index < -0.39 is 0 Å². The minimum absolute atomic E-state index is 0.162. The third-order valence-electron chi connectivity index (χ3n) is 4.20. The predicted octanol–water partition coefficient (Wildman–Crippen LogP) is 4.20. The van der Waals surface area contributed by atoms with Crippen LogP contribution in [0.1, 0.15) is 40.0 Å². The summed E-state index contributed by atoms with van der Waals surface area (Å²) >= 11 is 0. The highest BCUT2D eigenvalue weighted by Crippen LogP contribution is 2.30. The van der Waals surface area contributed by atoms with Crippen molar-refractivity contribution in [1.29, 1.82) is 0 Å². The molecule has 1 heterocycles. The summed E-state index contributed by atoms with van der Waals surface area (Å²) in [6, 6.07) is 7.95. The number of hydrogen-bond donors (Lipinski definition) is 2. The molecular formula is C16H23N3. The first-order valence-corrected chi connectivity index (χ1v) is 7.06. The van der Waals surface area contributed by atoms with Gasteiger partial charge in [0.15, 0.2) is 0 Å². The molecule has 0 bridgehead atoms. The lowest BCUT2D eigenvalue weighted by atomic mass is 9.89. The molecule has 3 N–H and O–H groups in total. The van der Waals surface area contributed by atoms with Crippen molar-refractivity contribution in [3.05, 3.63) is 30.5 Å². The average molecular weight is 257 g/mol. The lowest BCUT2D eigenvalue weighted by molar-refractivity contribution is 0.421. The maximum Gasteiger partial charge on any atom is 0.0743 e. The minimum Gasteiger partial charge on any atom is -0.399 e. The van der Waals surface area contributed by atoms with E-state index in [0.717, 1.165) is 41.5 Å². The maximum atomic E-state index is 5.82. The van der Waals surface area contributed by atoms with Crippen LogP contribution in [0.5, 0.6) is 0 Å². The van der Waals surface area contributed by atoms with Gasteiger partial charge in [0.1, 0.15) is 0 Å². The molecule has 1 aromatic carbocycles. The summed E-state index contributed by atoms with van der Waals surface area (Å²) in [4.78, 5) is 4.39. The minimum atomic E-state index is 0.162. The van der Waals surface area contributed by atoms with Gasteiger partial charge in [-0.2, -0.15) is 0 Å². The fraction of sp³-hybridized carbons (Fsp3) is 0.438. The fourth-order valence-corrected chi connectivity index (χ4v) is 2.57. The van der Waals surface area contributed by atoms with Gasteiger partial charge < -0.3 is 11.1 Å². The van der Waals surface area contributed by atoms with Gasteiger partial charge in [-0.1, -0.05) is 20.8 Å². The van der Waals surface area contributed by atoms with Crippen molar-refractivity contribution in [2.45, 2.75) is 45.6 Å². The van der Waals surface area contributed by atoms with E-state index in [2.05, 4.69) is 31.1 Å². The van der Waals surface area contributed by atoms with Crippen LogP contribution in [0.2, 0.25) is 0 Å². The molecule has 0 aliphatic heterocycles. The molecule has 0 aliphatic rings. The Labute approximate surface area is 115 Å². The first-order valence-electron chi connectivity index (χ1n) is 7.06. The van der Waals surface area contributed by atoms with Crippen molar-refractivity contribution in [1.82, 2.24) is 4.98 Å². The second-order valence-electron chi connectivity index (χ2n) is 5.10. The SMILES string of the molecule is CCC(CC)(CC)Nc1ccnc2cc(N)ccc12. The molecule has 2 rings (SSSR count). The van der Waals surface area contributed by atoms with Gasteiger partial charge in [-0.25, -0.2) is 0 Å². The van der Waals surface area contributed by atoms with Gasteiger partial charge in [-0.3, -0.25) is 4.98 Å². The van der Waals surface area contributed by atoms with Crippen molar-refractivity contribution >= 4 is 22.3 Å². The Morgan fingerprint density at radius 2 is 1.79 bits per heavy atom. The summed E-state index contributed by atoms with van der Waals surface area (Å²) in [5.74, 6) is 0. The Morgan fingerprint density at radius 3 is 2.42 bits per heavy atom. The van der Waals surface area contributed by atoms with Gasteiger partial charge in [-0.05, 0) is 43.5 Å². The molecular weight excluding hydrogens is 234 g/mol. The van der Waals surface area contributed by atoms with Crippen LogP contribution in [0.25, 0.3) is 10.9 Å². The lowest BCUT2D eigenvalue weighted by Gasteiger charge is -2.33. The molecule has 0 radical (unpaired) electrons. The molecule has 3 nitrogen and oxygen atoms in total. The van der Waals surface area contributed by atoms with Gasteiger partial charge >= 0.3 is 0 Å². The monoisotopic (exact) mass is 257 g/mol. The van der Waals surface area contributed by atoms with Crippen LogP contribution in [0.15, 0.2) is 30.5 Å². The number of pyridine rings is 1. The van der Waals surface area contributed by atoms with E-state index in [1.54, 1.807) is 0 Å². The molecule has 1 aromatic heterocycles. The predicted molar refractivity (Wildman–Crippen MR) is 83.4 cm³/mol. The molecule has 2 aromatic rings. The number of fused-ring (bicyclic) bond motifs is 1. The zero-order valence-electron chi connectivity index (χ0n) is 12.0. The third-order valence-corrected chi connectivity index (χ3v) is 4.20. The highest BCUT2D eigenvalue weighted by molar-refractivity contribution is 5.92. The molecule has 0 saturated carbocycles. The second kappa shape index (κ2) is 5.47. The molecule has 0 unspecified atom stereocenters. The Morgan fingerprint density at radius 1 is 1.11 bits per heavy atom. The number of anilines is 2. The topological polar surface area (TPSA) is 50.9 Å². The Kier molecular flexibility index (Phi) is 3.93. The standard InChI is InChI=1S/C16H23N3/c1-4-16(5-2,6-3)19-14-9-10-18-15-11-12(17)7-8-13(14)15/h7-11H,4-6,17H2,1-3H3,(H,18,19). The van der Waals surface area contributed by atoms with Crippen LogP contribution in [0.4, 0.5) is 11.4 Å². The summed E-state index contributed by atoms with van der Waals surface area (Å²) in [6.45, 7) is 6.71. The zero-order valence-corrected chi connectivity index (χ0v) is 12.0. The third kappa shape index (κ3) is 2.65. The lowest BCUT2D eigenvalue weighted by Crippen LogP contribution is -2.36. The van der Waals surface area contributed by atoms with Crippen molar-refractivity contribution in [2.24, 2.45) is 0 Å². The number of rotatable bonds is 5. The maximum absolute atomic E-state index is 5.82. The van der Waals surface area contributed by atoms with E-state index in [9.17, 15) is 0 Å². The number of nitrogens with zero attached hydrogens (tertiary/aromatic N) is 1. The van der Waals surface area contributed by atoms with Crippen LogP contribution in [0.3, 0.4) is 0 Å². The molecule has 0 spiro atoms. The van der Waals surface area contributed by atoms with E-state index in [1.165, 1.54) is 0 Å². The van der Waals surface area contributed by atoms with Crippen LogP contribution in [0, 0.1) is 0 Å². The van der Waals surface area contributed by atoms with Gasteiger partial charge in [0, 0.05) is 28.5 Å². The molecule has 0 amide bonds. The molecule has 0 saturated heterocycles. The van der Waals surface area contributed by atoms with Crippen LogP contribution in [-0.2, 0) is 0 Å². The number of nitrogens with two attached hydrogens (primary N) is 1. The second-order valence-corrected chi connectivity index (χ2v) is 5.10. The summed E-state index contributed by atoms with van der Waals surface area (Å²) in [7, 11) is 0. The summed E-state index contributed by atoms with van der Waals surface area (Å²) in [6.07, 6.45) is 5.17. The normalized spacial score (nSPS) is 11.7. The smallest absolute Gasteiger partial charge is 0.0743 e. The summed E-state index contributed by atoms with van der Waals surface area (Å²) in [5, 5.41) is 4.86. The zero-order chi connectivity index (χ0) is 13.9. The van der Waals surface area contributed by atoms with E-state index >= 15 is 0 Å². The van der Waals surface area contributed by atoms with E-state index in [0.29, 0.717) is 0 Å². The number of hydrogen-bond acceptors (Lipinski definition) is 3. The van der Waals surface area contributed by atoms with Gasteiger partial charge in [0.05, 0.1) is 5.52 Å². The Hall–Kier alpha value is -1.77. The largest absolute Gasteiger partial charge is 0.399 e. The Balaban J connectivity index is 2.45. The molecule has 0 fully saturated rings. The molecule has 3 heteroatoms. The highest BCUT2D eigenvalue weighted by atomic mass is 15.0. The van der Waals surface area contributed by atoms with Crippen LogP contribution in [-0.4, -0.2) is 10.5 Å². The van der Waals surface area contributed by atoms with E-state index in [4.69, 9.17) is 5.73 Å². The first kappa shape index (κ1) is 13.7. The van der Waals surface area contributed by atoms with Crippen LogP contribution >= 0.6 is 0 Å². The van der Waals surface area contributed by atoms with Crippen molar-refractivity contribution in [2.75, 3.05) is 11.1 Å². The van der Waals surface area contributed by atoms with Gasteiger partial charge in [-0.15, -0.1) is 0 Å². The first-order chi connectivity index (χ1) is 9.14. The Bertz CT molecular complexity index is 551. The van der Waals surface area contributed by atoms with E-state index in [1.807, 2.05) is 30.5 Å². The molecule has 0 atom stereocenters. The van der Waals surface area contributed by atoms with Crippen molar-refractivity contribution < 1.29 is 0 Å². The number of nitrogen functional groups attached to an aromatic ring is 1. The van der Waals surface area contributed by atoms with Gasteiger partial charge in [0.2, 0.25) is 0 Å². The molecule has 0 aliphatic carbocycles. The summed E-state index contributed by atoms with van der Waals surface area (Å²) < 4.78 is 0. The highest BCUT2D eigenvalue weighted by Gasteiger charge is 2.23. The number of aromatic nitrogens is 1. The quantitative estimate of drug-likeness (QED) is 0.789.